The van der Waals surface area contributed by atoms with Crippen molar-refractivity contribution in [2.24, 2.45) is 0 Å². The molecule has 128 valence electrons. The number of rotatable bonds is 14. The number of alkyl halides is 4. The summed E-state index contributed by atoms with van der Waals surface area (Å²) in [4.78, 5) is 0. The van der Waals surface area contributed by atoms with Crippen molar-refractivity contribution in [1.29, 1.82) is 0 Å². The van der Waals surface area contributed by atoms with Crippen molar-refractivity contribution in [3.8, 4) is 0 Å². The summed E-state index contributed by atoms with van der Waals surface area (Å²) in [6.07, 6.45) is 0. The number of hydrogen-bond donors (Lipinski definition) is 0. The first-order valence-corrected chi connectivity index (χ1v) is 8.59. The molecule has 0 aromatic heterocycles. The average Bonchev–Trinajstić information content (AvgIpc) is 2.47. The molecule has 0 aromatic carbocycles. The molecular weight excluding hydrogens is 366 g/mol. The van der Waals surface area contributed by atoms with Gasteiger partial charge < -0.3 is 18.9 Å². The molecule has 9 heteroatoms. The molecule has 0 spiro atoms. The summed E-state index contributed by atoms with van der Waals surface area (Å²) >= 11 is 22.5. The van der Waals surface area contributed by atoms with Crippen LogP contribution in [0.4, 0.5) is 0 Å². The van der Waals surface area contributed by atoms with E-state index in [0.717, 1.165) is 0 Å². The zero-order valence-corrected chi connectivity index (χ0v) is 15.2. The van der Waals surface area contributed by atoms with Crippen molar-refractivity contribution < 1.29 is 23.7 Å². The fraction of sp³-hybridized carbons (Fsp3) is 1.00. The quantitative estimate of drug-likeness (QED) is 0.337. The second kappa shape index (κ2) is 12.4. The van der Waals surface area contributed by atoms with Crippen LogP contribution >= 0.6 is 46.4 Å². The average molecular weight is 388 g/mol. The van der Waals surface area contributed by atoms with E-state index in [1.807, 2.05) is 0 Å². The summed E-state index contributed by atoms with van der Waals surface area (Å²) in [6.45, 7) is 4.06. The Bertz CT molecular complexity index is 218. The van der Waals surface area contributed by atoms with Gasteiger partial charge in [-0.3, -0.25) is 4.74 Å². The van der Waals surface area contributed by atoms with E-state index in [9.17, 15) is 0 Å². The molecule has 0 atom stereocenters. The van der Waals surface area contributed by atoms with E-state index in [4.69, 9.17) is 70.1 Å². The van der Waals surface area contributed by atoms with Gasteiger partial charge in [0.25, 0.3) is 11.9 Å². The molecule has 0 saturated carbocycles. The summed E-state index contributed by atoms with van der Waals surface area (Å²) < 4.78 is 27.6. The second-order valence-corrected chi connectivity index (χ2v) is 5.49. The smallest absolute Gasteiger partial charge is 0.284 e. The lowest BCUT2D eigenvalue weighted by Crippen LogP contribution is -2.49. The zero-order chi connectivity index (χ0) is 16.2. The highest BCUT2D eigenvalue weighted by molar-refractivity contribution is 6.18. The summed E-state index contributed by atoms with van der Waals surface area (Å²) in [6, 6.07) is 0. The molecule has 21 heavy (non-hydrogen) atoms. The van der Waals surface area contributed by atoms with Crippen LogP contribution in [0.2, 0.25) is 0 Å². The van der Waals surface area contributed by atoms with Crippen LogP contribution in [-0.4, -0.2) is 61.9 Å². The van der Waals surface area contributed by atoms with Crippen molar-refractivity contribution in [2.45, 2.75) is 25.8 Å². The van der Waals surface area contributed by atoms with Gasteiger partial charge in [0.15, 0.2) is 0 Å². The Kier molecular flexibility index (Phi) is 13.0. The Morgan fingerprint density at radius 1 is 0.571 bits per heavy atom. The molecule has 0 N–H and O–H groups in total. The highest BCUT2D eigenvalue weighted by Gasteiger charge is 2.40. The number of halogens is 4. The van der Waals surface area contributed by atoms with Gasteiger partial charge in [0, 0.05) is 37.4 Å². The number of hydrogen-bond acceptors (Lipinski definition) is 5. The molecule has 5 nitrogen and oxygen atoms in total. The van der Waals surface area contributed by atoms with Gasteiger partial charge in [-0.05, 0) is 0 Å². The van der Waals surface area contributed by atoms with Crippen LogP contribution in [0, 0.1) is 0 Å². The second-order valence-electron chi connectivity index (χ2n) is 3.98. The van der Waals surface area contributed by atoms with Crippen LogP contribution in [0.15, 0.2) is 0 Å². The third kappa shape index (κ3) is 10.4. The summed E-state index contributed by atoms with van der Waals surface area (Å²) in [5.41, 5.74) is 0. The highest BCUT2D eigenvalue weighted by atomic mass is 35.5. The Morgan fingerprint density at radius 3 is 1.00 bits per heavy atom. The lowest BCUT2D eigenvalue weighted by Gasteiger charge is -2.38. The topological polar surface area (TPSA) is 46.2 Å². The van der Waals surface area contributed by atoms with E-state index >= 15 is 0 Å². The monoisotopic (exact) mass is 386 g/mol. The van der Waals surface area contributed by atoms with Gasteiger partial charge in [-0.2, -0.15) is 0 Å². The van der Waals surface area contributed by atoms with Crippen LogP contribution in [0.5, 0.6) is 0 Å². The molecule has 0 aromatic rings. The van der Waals surface area contributed by atoms with Gasteiger partial charge in [-0.25, -0.2) is 0 Å². The molecule has 0 fully saturated rings. The van der Waals surface area contributed by atoms with Crippen LogP contribution in [0.25, 0.3) is 0 Å². The maximum absolute atomic E-state index is 5.71. The largest absolute Gasteiger partial charge is 0.326 e. The molecule has 0 amide bonds. The van der Waals surface area contributed by atoms with Gasteiger partial charge in [0.05, 0.1) is 26.4 Å². The molecule has 0 bridgehead atoms. The maximum atomic E-state index is 5.71. The summed E-state index contributed by atoms with van der Waals surface area (Å²) in [5.74, 6) is -1.71. The molecule has 0 aliphatic heterocycles. The minimum atomic E-state index is -1.42. The minimum absolute atomic E-state index is 0.224. The van der Waals surface area contributed by atoms with E-state index in [1.165, 1.54) is 0 Å². The standard InChI is InChI=1S/C12H22Cl4O5/c1-11(17-7-3-13,18-8-4-14)21-12(2,19-9-5-15)20-10-6-16/h3-10H2,1-2H3. The van der Waals surface area contributed by atoms with Crippen LogP contribution in [0.1, 0.15) is 13.8 Å². The molecular formula is C12H22Cl4O5. The van der Waals surface area contributed by atoms with Crippen molar-refractivity contribution in [2.75, 3.05) is 49.9 Å². The first-order chi connectivity index (χ1) is 9.95. The Hall–Kier alpha value is 0.960. The van der Waals surface area contributed by atoms with E-state index in [0.29, 0.717) is 0 Å². The van der Waals surface area contributed by atoms with E-state index in [1.54, 1.807) is 13.8 Å². The fourth-order valence-electron chi connectivity index (χ4n) is 1.43. The Balaban J connectivity index is 4.80. The van der Waals surface area contributed by atoms with E-state index in [-0.39, 0.29) is 49.9 Å². The molecule has 0 aliphatic rings. The normalized spacial score (nSPS) is 12.9. The van der Waals surface area contributed by atoms with Crippen molar-refractivity contribution in [1.82, 2.24) is 0 Å². The summed E-state index contributed by atoms with van der Waals surface area (Å²) in [5, 5.41) is 0. The maximum Gasteiger partial charge on any atom is 0.284 e. The molecule has 0 aliphatic carbocycles. The van der Waals surface area contributed by atoms with E-state index < -0.39 is 11.9 Å². The molecule has 0 heterocycles. The van der Waals surface area contributed by atoms with Crippen molar-refractivity contribution in [3.05, 3.63) is 0 Å². The van der Waals surface area contributed by atoms with Crippen molar-refractivity contribution >= 4 is 46.4 Å². The summed E-state index contributed by atoms with van der Waals surface area (Å²) in [7, 11) is 0. The van der Waals surface area contributed by atoms with E-state index in [2.05, 4.69) is 0 Å². The molecule has 0 rings (SSSR count). The molecule has 0 unspecified atom stereocenters. The SMILES string of the molecule is CC(OCCCl)(OCCCl)OC(C)(OCCCl)OCCCl. The number of ether oxygens (including phenoxy) is 5. The predicted molar refractivity (Wildman–Crippen MR) is 84.6 cm³/mol. The van der Waals surface area contributed by atoms with Crippen molar-refractivity contribution in [3.63, 3.8) is 0 Å². The first-order valence-electron chi connectivity index (χ1n) is 6.45. The Morgan fingerprint density at radius 2 is 0.810 bits per heavy atom. The van der Waals surface area contributed by atoms with Crippen LogP contribution in [0.3, 0.4) is 0 Å². The molecule has 0 saturated heterocycles. The third-order valence-corrected chi connectivity index (χ3v) is 2.75. The lowest BCUT2D eigenvalue weighted by molar-refractivity contribution is -0.490. The molecule has 0 radical (unpaired) electrons. The zero-order valence-electron chi connectivity index (χ0n) is 12.2. The minimum Gasteiger partial charge on any atom is -0.326 e. The van der Waals surface area contributed by atoms with Gasteiger partial charge in [-0.1, -0.05) is 0 Å². The highest BCUT2D eigenvalue weighted by Crippen LogP contribution is 2.26. The predicted octanol–water partition coefficient (Wildman–Crippen LogP) is 3.37. The van der Waals surface area contributed by atoms with Gasteiger partial charge in [0.1, 0.15) is 0 Å². The van der Waals surface area contributed by atoms with Crippen LogP contribution in [-0.2, 0) is 23.7 Å². The fourth-order valence-corrected chi connectivity index (χ4v) is 1.74. The third-order valence-electron chi connectivity index (χ3n) is 2.14. The lowest BCUT2D eigenvalue weighted by atomic mass is 10.5. The Labute approximate surface area is 146 Å². The first kappa shape index (κ1) is 22.0. The van der Waals surface area contributed by atoms with Gasteiger partial charge in [0.2, 0.25) is 0 Å². The van der Waals surface area contributed by atoms with Gasteiger partial charge >= 0.3 is 0 Å². The van der Waals surface area contributed by atoms with Crippen LogP contribution < -0.4 is 0 Å². The van der Waals surface area contributed by atoms with Gasteiger partial charge in [-0.15, -0.1) is 46.4 Å².